The third kappa shape index (κ3) is 3.08. The second-order valence-corrected chi connectivity index (χ2v) is 3.71. The second-order valence-electron chi connectivity index (χ2n) is 3.71. The zero-order valence-electron chi connectivity index (χ0n) is 9.34. The number of nitrogens with two attached hydrogens (primary N) is 1. The third-order valence-electron chi connectivity index (χ3n) is 2.58. The third-order valence-corrected chi connectivity index (χ3v) is 2.58. The van der Waals surface area contributed by atoms with E-state index < -0.39 is 0 Å². The van der Waals surface area contributed by atoms with Crippen LogP contribution >= 0.6 is 12.4 Å². The first-order valence-electron chi connectivity index (χ1n) is 5.23. The summed E-state index contributed by atoms with van der Waals surface area (Å²) in [6.07, 6.45) is 0. The van der Waals surface area contributed by atoms with Crippen LogP contribution in [-0.2, 0) is 0 Å². The van der Waals surface area contributed by atoms with Crippen molar-refractivity contribution in [2.45, 2.75) is 5.92 Å². The smallest absolute Gasteiger partial charge is 0.103 e. The van der Waals surface area contributed by atoms with Crippen molar-refractivity contribution in [1.29, 1.82) is 5.41 Å². The van der Waals surface area contributed by atoms with Gasteiger partial charge >= 0.3 is 0 Å². The van der Waals surface area contributed by atoms with Crippen molar-refractivity contribution in [3.63, 3.8) is 0 Å². The van der Waals surface area contributed by atoms with Gasteiger partial charge in [0, 0.05) is 0 Å². The average Bonchev–Trinajstić information content (AvgIpc) is 2.31. The van der Waals surface area contributed by atoms with Crippen LogP contribution in [0.5, 0.6) is 0 Å². The Hall–Kier alpha value is -1.80. The maximum atomic E-state index is 7.70. The molecular formula is C14H15ClN2. The molecule has 0 bridgehead atoms. The highest BCUT2D eigenvalue weighted by Crippen LogP contribution is 2.23. The molecule has 3 N–H and O–H groups in total. The molecule has 2 rings (SSSR count). The van der Waals surface area contributed by atoms with E-state index in [1.807, 2.05) is 60.7 Å². The number of amidine groups is 1. The molecule has 0 fully saturated rings. The molecule has 3 heteroatoms. The van der Waals surface area contributed by atoms with Gasteiger partial charge in [-0.3, -0.25) is 5.41 Å². The minimum atomic E-state index is -0.137. The number of hydrogen-bond donors (Lipinski definition) is 2. The Kier molecular flexibility index (Phi) is 4.73. The first kappa shape index (κ1) is 13.3. The minimum Gasteiger partial charge on any atom is -0.387 e. The highest BCUT2D eigenvalue weighted by molar-refractivity contribution is 5.88. The minimum absolute atomic E-state index is 0. The summed E-state index contributed by atoms with van der Waals surface area (Å²) in [5, 5.41) is 7.70. The van der Waals surface area contributed by atoms with Gasteiger partial charge < -0.3 is 5.73 Å². The van der Waals surface area contributed by atoms with Crippen molar-refractivity contribution in [2.75, 3.05) is 0 Å². The second kappa shape index (κ2) is 6.06. The predicted molar refractivity (Wildman–Crippen MR) is 73.9 cm³/mol. The van der Waals surface area contributed by atoms with Crippen molar-refractivity contribution >= 4 is 18.2 Å². The van der Waals surface area contributed by atoms with Crippen molar-refractivity contribution in [2.24, 2.45) is 5.73 Å². The number of rotatable bonds is 3. The lowest BCUT2D eigenvalue weighted by Gasteiger charge is -2.16. The van der Waals surface area contributed by atoms with Crippen LogP contribution in [0.15, 0.2) is 60.7 Å². The highest BCUT2D eigenvalue weighted by Gasteiger charge is 2.16. The van der Waals surface area contributed by atoms with E-state index in [0.717, 1.165) is 11.1 Å². The molecule has 0 aliphatic carbocycles. The van der Waals surface area contributed by atoms with Crippen LogP contribution in [0.2, 0.25) is 0 Å². The van der Waals surface area contributed by atoms with Crippen LogP contribution in [0.1, 0.15) is 17.0 Å². The van der Waals surface area contributed by atoms with E-state index in [2.05, 4.69) is 0 Å². The van der Waals surface area contributed by atoms with E-state index in [4.69, 9.17) is 11.1 Å². The van der Waals surface area contributed by atoms with Gasteiger partial charge in [0.15, 0.2) is 0 Å². The molecule has 0 amide bonds. The van der Waals surface area contributed by atoms with E-state index in [-0.39, 0.29) is 24.2 Å². The zero-order valence-corrected chi connectivity index (χ0v) is 10.2. The Morgan fingerprint density at radius 1 is 0.824 bits per heavy atom. The summed E-state index contributed by atoms with van der Waals surface area (Å²) >= 11 is 0. The van der Waals surface area contributed by atoms with Crippen LogP contribution in [0.4, 0.5) is 0 Å². The number of nitrogens with one attached hydrogen (secondary N) is 1. The molecule has 2 aromatic carbocycles. The molecule has 2 aromatic rings. The Labute approximate surface area is 107 Å². The summed E-state index contributed by atoms with van der Waals surface area (Å²) in [6.45, 7) is 0. The summed E-state index contributed by atoms with van der Waals surface area (Å²) in [4.78, 5) is 0. The summed E-state index contributed by atoms with van der Waals surface area (Å²) in [7, 11) is 0. The first-order chi connectivity index (χ1) is 7.79. The van der Waals surface area contributed by atoms with Crippen molar-refractivity contribution in [3.8, 4) is 0 Å². The van der Waals surface area contributed by atoms with E-state index in [9.17, 15) is 0 Å². The van der Waals surface area contributed by atoms with E-state index >= 15 is 0 Å². The van der Waals surface area contributed by atoms with Crippen LogP contribution in [0.3, 0.4) is 0 Å². The Morgan fingerprint density at radius 3 is 1.47 bits per heavy atom. The van der Waals surface area contributed by atoms with E-state index in [0.29, 0.717) is 0 Å². The zero-order chi connectivity index (χ0) is 11.4. The molecule has 0 radical (unpaired) electrons. The molecule has 17 heavy (non-hydrogen) atoms. The first-order valence-corrected chi connectivity index (χ1v) is 5.23. The van der Waals surface area contributed by atoms with Crippen LogP contribution in [0.25, 0.3) is 0 Å². The van der Waals surface area contributed by atoms with Crippen LogP contribution in [0, 0.1) is 5.41 Å². The number of hydrogen-bond acceptors (Lipinski definition) is 1. The van der Waals surface area contributed by atoms with Crippen LogP contribution < -0.4 is 5.73 Å². The molecule has 0 aliphatic heterocycles. The molecule has 88 valence electrons. The molecule has 0 atom stereocenters. The molecule has 0 aliphatic rings. The monoisotopic (exact) mass is 246 g/mol. The van der Waals surface area contributed by atoms with Gasteiger partial charge in [0.2, 0.25) is 0 Å². The molecular weight excluding hydrogens is 232 g/mol. The quantitative estimate of drug-likeness (QED) is 0.634. The van der Waals surface area contributed by atoms with Crippen molar-refractivity contribution < 1.29 is 0 Å². The van der Waals surface area contributed by atoms with Gasteiger partial charge in [0.05, 0.1) is 5.92 Å². The maximum Gasteiger partial charge on any atom is 0.103 e. The van der Waals surface area contributed by atoms with Crippen molar-refractivity contribution in [1.82, 2.24) is 0 Å². The number of benzene rings is 2. The van der Waals surface area contributed by atoms with Gasteiger partial charge in [0.25, 0.3) is 0 Å². The van der Waals surface area contributed by atoms with Gasteiger partial charge in [-0.1, -0.05) is 60.7 Å². The van der Waals surface area contributed by atoms with Gasteiger partial charge in [-0.05, 0) is 11.1 Å². The molecule has 0 saturated carbocycles. The largest absolute Gasteiger partial charge is 0.387 e. The Balaban J connectivity index is 0.00000144. The standard InChI is InChI=1S/C14H14N2.ClH/c15-14(16)13(11-7-3-1-4-8-11)12-9-5-2-6-10-12;/h1-10,13H,(H3,15,16);1H. The summed E-state index contributed by atoms with van der Waals surface area (Å²) in [5.41, 5.74) is 7.80. The summed E-state index contributed by atoms with van der Waals surface area (Å²) < 4.78 is 0. The fourth-order valence-electron chi connectivity index (χ4n) is 1.84. The van der Waals surface area contributed by atoms with Gasteiger partial charge in [0.1, 0.15) is 5.84 Å². The fourth-order valence-corrected chi connectivity index (χ4v) is 1.84. The van der Waals surface area contributed by atoms with Gasteiger partial charge in [-0.15, -0.1) is 12.4 Å². The Bertz CT molecular complexity index is 429. The lowest BCUT2D eigenvalue weighted by Crippen LogP contribution is -2.21. The molecule has 0 unspecified atom stereocenters. The molecule has 0 saturated heterocycles. The molecule has 0 heterocycles. The predicted octanol–water partition coefficient (Wildman–Crippen LogP) is 3.18. The topological polar surface area (TPSA) is 49.9 Å². The average molecular weight is 247 g/mol. The van der Waals surface area contributed by atoms with Gasteiger partial charge in [-0.25, -0.2) is 0 Å². The number of halogens is 1. The molecule has 0 spiro atoms. The van der Waals surface area contributed by atoms with E-state index in [1.165, 1.54) is 0 Å². The van der Waals surface area contributed by atoms with E-state index in [1.54, 1.807) is 0 Å². The molecule has 0 aromatic heterocycles. The van der Waals surface area contributed by atoms with Crippen LogP contribution in [-0.4, -0.2) is 5.84 Å². The maximum absolute atomic E-state index is 7.70. The fraction of sp³-hybridized carbons (Fsp3) is 0.0714. The molecule has 2 nitrogen and oxygen atoms in total. The summed E-state index contributed by atoms with van der Waals surface area (Å²) in [6, 6.07) is 19.8. The van der Waals surface area contributed by atoms with Crippen molar-refractivity contribution in [3.05, 3.63) is 71.8 Å². The lowest BCUT2D eigenvalue weighted by molar-refractivity contribution is 1.04. The normalized spacial score (nSPS) is 9.71. The SMILES string of the molecule is Cl.N=C(N)C(c1ccccc1)c1ccccc1. The highest BCUT2D eigenvalue weighted by atomic mass is 35.5. The lowest BCUT2D eigenvalue weighted by atomic mass is 9.90. The van der Waals surface area contributed by atoms with Gasteiger partial charge in [-0.2, -0.15) is 0 Å². The summed E-state index contributed by atoms with van der Waals surface area (Å²) in [5.74, 6) is 0.0415. The Morgan fingerprint density at radius 2 is 1.18 bits per heavy atom.